The number of nitrogens with zero attached hydrogens (tertiary/aromatic N) is 1. The molecule has 0 fully saturated rings. The van der Waals surface area contributed by atoms with E-state index in [9.17, 15) is 0 Å². The summed E-state index contributed by atoms with van der Waals surface area (Å²) in [7, 11) is 2.14. The molecule has 1 aromatic heterocycles. The first-order chi connectivity index (χ1) is 6.66. The Hall–Kier alpha value is -0.760. The van der Waals surface area contributed by atoms with E-state index in [-0.39, 0.29) is 0 Å². The molecule has 0 radical (unpaired) electrons. The molecule has 0 spiro atoms. The highest BCUT2D eigenvalue weighted by atomic mass is 79.9. The van der Waals surface area contributed by atoms with E-state index >= 15 is 0 Å². The molecule has 74 valence electrons. The molecular formula is C12H14BrN. The summed E-state index contributed by atoms with van der Waals surface area (Å²) in [6.45, 7) is 4.41. The maximum Gasteiger partial charge on any atom is 0.0627 e. The fourth-order valence-corrected chi connectivity index (χ4v) is 2.84. The maximum atomic E-state index is 3.60. The average Bonchev–Trinajstić information content (AvgIpc) is 2.41. The number of fused-ring (bicyclic) bond motifs is 1. The zero-order valence-electron chi connectivity index (χ0n) is 8.76. The Morgan fingerprint density at radius 1 is 1.36 bits per heavy atom. The van der Waals surface area contributed by atoms with Crippen LogP contribution in [0.25, 0.3) is 10.9 Å². The van der Waals surface area contributed by atoms with Gasteiger partial charge in [0.1, 0.15) is 0 Å². The lowest BCUT2D eigenvalue weighted by Gasteiger charge is -2.02. The summed E-state index contributed by atoms with van der Waals surface area (Å²) in [4.78, 5) is 0. The summed E-state index contributed by atoms with van der Waals surface area (Å²) >= 11 is 3.60. The lowest BCUT2D eigenvalue weighted by Crippen LogP contribution is -1.95. The fourth-order valence-electron chi connectivity index (χ4n) is 2.20. The van der Waals surface area contributed by atoms with E-state index in [0.29, 0.717) is 0 Å². The summed E-state index contributed by atoms with van der Waals surface area (Å²) in [5.41, 5.74) is 4.14. The third-order valence-electron chi connectivity index (χ3n) is 2.90. The predicted octanol–water partition coefficient (Wildman–Crippen LogP) is 3.81. The molecule has 2 rings (SSSR count). The molecule has 1 nitrogen and oxygen atoms in total. The van der Waals surface area contributed by atoms with E-state index in [1.807, 2.05) is 0 Å². The Bertz CT molecular complexity index is 483. The third-order valence-corrected chi connectivity index (χ3v) is 3.54. The minimum atomic E-state index is 1.09. The molecule has 2 heteroatoms. The van der Waals surface area contributed by atoms with Crippen molar-refractivity contribution in [3.8, 4) is 0 Å². The molecule has 0 unspecified atom stereocenters. The van der Waals surface area contributed by atoms with Crippen LogP contribution in [0.3, 0.4) is 0 Å². The summed E-state index contributed by atoms with van der Waals surface area (Å²) in [6.07, 6.45) is 1.09. The topological polar surface area (TPSA) is 4.93 Å². The van der Waals surface area contributed by atoms with Crippen molar-refractivity contribution in [3.63, 3.8) is 0 Å². The van der Waals surface area contributed by atoms with Crippen LogP contribution in [0.15, 0.2) is 22.7 Å². The average molecular weight is 252 g/mol. The molecule has 0 aliphatic heterocycles. The van der Waals surface area contributed by atoms with Gasteiger partial charge < -0.3 is 4.57 Å². The molecule has 0 aliphatic rings. The van der Waals surface area contributed by atoms with Gasteiger partial charge in [0.2, 0.25) is 0 Å². The second-order valence-corrected chi connectivity index (χ2v) is 4.47. The van der Waals surface area contributed by atoms with Crippen molar-refractivity contribution in [2.45, 2.75) is 20.3 Å². The molecule has 2 aromatic rings. The van der Waals surface area contributed by atoms with Crippen molar-refractivity contribution in [1.82, 2.24) is 4.57 Å². The van der Waals surface area contributed by atoms with Gasteiger partial charge in [-0.3, -0.25) is 0 Å². The largest absolute Gasteiger partial charge is 0.346 e. The van der Waals surface area contributed by atoms with Gasteiger partial charge in [-0.2, -0.15) is 0 Å². The Morgan fingerprint density at radius 2 is 2.07 bits per heavy atom. The number of para-hydroxylation sites is 1. The van der Waals surface area contributed by atoms with Crippen molar-refractivity contribution >= 4 is 26.8 Å². The van der Waals surface area contributed by atoms with E-state index < -0.39 is 0 Å². The molecule has 0 saturated carbocycles. The van der Waals surface area contributed by atoms with E-state index in [1.165, 1.54) is 26.6 Å². The normalized spacial score (nSPS) is 11.1. The smallest absolute Gasteiger partial charge is 0.0627 e. The van der Waals surface area contributed by atoms with Crippen LogP contribution in [0.5, 0.6) is 0 Å². The SMILES string of the molecule is CCc1c(C)c2cccc(Br)c2n1C. The number of hydrogen-bond donors (Lipinski definition) is 0. The lowest BCUT2D eigenvalue weighted by atomic mass is 10.1. The van der Waals surface area contributed by atoms with Crippen molar-refractivity contribution in [2.75, 3.05) is 0 Å². The standard InChI is InChI=1S/C12H14BrN/c1-4-11-8(2)9-6-5-7-10(13)12(9)14(11)3/h5-7H,4H2,1-3H3. The molecule has 0 saturated heterocycles. The summed E-state index contributed by atoms with van der Waals surface area (Å²) < 4.78 is 3.47. The molecule has 0 atom stereocenters. The van der Waals surface area contributed by atoms with Gasteiger partial charge in [-0.1, -0.05) is 19.1 Å². The molecule has 0 N–H and O–H groups in total. The van der Waals surface area contributed by atoms with E-state index in [1.54, 1.807) is 0 Å². The van der Waals surface area contributed by atoms with Crippen molar-refractivity contribution < 1.29 is 0 Å². The van der Waals surface area contributed by atoms with Crippen LogP contribution in [0.2, 0.25) is 0 Å². The second kappa shape index (κ2) is 3.43. The highest BCUT2D eigenvalue weighted by molar-refractivity contribution is 9.10. The number of halogens is 1. The van der Waals surface area contributed by atoms with Gasteiger partial charge in [-0.05, 0) is 40.9 Å². The summed E-state index contributed by atoms with van der Waals surface area (Å²) in [5, 5.41) is 1.36. The van der Waals surface area contributed by atoms with Crippen LogP contribution in [-0.2, 0) is 13.5 Å². The van der Waals surface area contributed by atoms with Gasteiger partial charge in [0.25, 0.3) is 0 Å². The van der Waals surface area contributed by atoms with Crippen molar-refractivity contribution in [1.29, 1.82) is 0 Å². The van der Waals surface area contributed by atoms with Gasteiger partial charge in [0, 0.05) is 22.6 Å². The second-order valence-electron chi connectivity index (χ2n) is 3.62. The van der Waals surface area contributed by atoms with Gasteiger partial charge in [-0.25, -0.2) is 0 Å². The first-order valence-electron chi connectivity index (χ1n) is 4.89. The number of hydrogen-bond acceptors (Lipinski definition) is 0. The van der Waals surface area contributed by atoms with Gasteiger partial charge in [-0.15, -0.1) is 0 Å². The zero-order chi connectivity index (χ0) is 10.3. The summed E-state index contributed by atoms with van der Waals surface area (Å²) in [5.74, 6) is 0. The van der Waals surface area contributed by atoms with Crippen LogP contribution >= 0.6 is 15.9 Å². The molecular weight excluding hydrogens is 238 g/mol. The fraction of sp³-hybridized carbons (Fsp3) is 0.333. The third kappa shape index (κ3) is 1.21. The van der Waals surface area contributed by atoms with Gasteiger partial charge in [0.15, 0.2) is 0 Å². The number of rotatable bonds is 1. The Labute approximate surface area is 92.9 Å². The molecule has 0 aliphatic carbocycles. The zero-order valence-corrected chi connectivity index (χ0v) is 10.4. The quantitative estimate of drug-likeness (QED) is 0.727. The predicted molar refractivity (Wildman–Crippen MR) is 64.7 cm³/mol. The van der Waals surface area contributed by atoms with Crippen molar-refractivity contribution in [2.24, 2.45) is 7.05 Å². The number of benzene rings is 1. The maximum absolute atomic E-state index is 3.60. The highest BCUT2D eigenvalue weighted by Crippen LogP contribution is 2.30. The Morgan fingerprint density at radius 3 is 2.64 bits per heavy atom. The van der Waals surface area contributed by atoms with Crippen LogP contribution in [0.1, 0.15) is 18.2 Å². The van der Waals surface area contributed by atoms with E-state index in [4.69, 9.17) is 0 Å². The van der Waals surface area contributed by atoms with Gasteiger partial charge in [0.05, 0.1) is 5.52 Å². The molecule has 1 aromatic carbocycles. The minimum Gasteiger partial charge on any atom is -0.346 e. The van der Waals surface area contributed by atoms with Crippen LogP contribution in [0, 0.1) is 6.92 Å². The van der Waals surface area contributed by atoms with Crippen LogP contribution < -0.4 is 0 Å². The number of aryl methyl sites for hydroxylation is 2. The monoisotopic (exact) mass is 251 g/mol. The van der Waals surface area contributed by atoms with Crippen molar-refractivity contribution in [3.05, 3.63) is 33.9 Å². The first-order valence-corrected chi connectivity index (χ1v) is 5.68. The summed E-state index contributed by atoms with van der Waals surface area (Å²) in [6, 6.07) is 6.38. The van der Waals surface area contributed by atoms with Crippen LogP contribution in [0.4, 0.5) is 0 Å². The van der Waals surface area contributed by atoms with E-state index in [2.05, 4.69) is 59.6 Å². The van der Waals surface area contributed by atoms with Gasteiger partial charge >= 0.3 is 0 Å². The minimum absolute atomic E-state index is 1.09. The highest BCUT2D eigenvalue weighted by Gasteiger charge is 2.11. The van der Waals surface area contributed by atoms with E-state index in [0.717, 1.165) is 6.42 Å². The number of aromatic nitrogens is 1. The molecule has 0 bridgehead atoms. The molecule has 14 heavy (non-hydrogen) atoms. The van der Waals surface area contributed by atoms with Crippen LogP contribution in [-0.4, -0.2) is 4.57 Å². The Kier molecular flexibility index (Phi) is 2.40. The first kappa shape index (κ1) is 9.78. The lowest BCUT2D eigenvalue weighted by molar-refractivity contribution is 0.855. The molecule has 0 amide bonds. The Balaban J connectivity index is 2.94. The molecule has 1 heterocycles.